The smallest absolute Gasteiger partial charge is 0.0922 e. The highest BCUT2D eigenvalue weighted by Crippen LogP contribution is 2.66. The van der Waals surface area contributed by atoms with Gasteiger partial charge in [-0.2, -0.15) is 0 Å². The van der Waals surface area contributed by atoms with E-state index in [0.29, 0.717) is 23.7 Å². The minimum absolute atomic E-state index is 0.200. The van der Waals surface area contributed by atoms with E-state index in [1.54, 1.807) is 0 Å². The molecule has 2 nitrogen and oxygen atoms in total. The molecule has 4 bridgehead atoms. The van der Waals surface area contributed by atoms with Crippen molar-refractivity contribution in [1.29, 1.82) is 0 Å². The maximum absolute atomic E-state index is 9.96. The van der Waals surface area contributed by atoms with Crippen LogP contribution in [0.15, 0.2) is 72.8 Å². The van der Waals surface area contributed by atoms with E-state index in [-0.39, 0.29) is 18.1 Å². The van der Waals surface area contributed by atoms with Crippen LogP contribution in [0.3, 0.4) is 0 Å². The number of hydrogen-bond donors (Lipinski definition) is 1. The first-order valence-corrected chi connectivity index (χ1v) is 8.89. The summed E-state index contributed by atoms with van der Waals surface area (Å²) in [5.74, 6) is 1.71. The van der Waals surface area contributed by atoms with Gasteiger partial charge in [-0.3, -0.25) is 0 Å². The Morgan fingerprint density at radius 3 is 2.04 bits per heavy atom. The van der Waals surface area contributed by atoms with Crippen molar-refractivity contribution in [3.63, 3.8) is 0 Å². The predicted octanol–water partition coefficient (Wildman–Crippen LogP) is 3.63. The summed E-state index contributed by atoms with van der Waals surface area (Å²) in [6.07, 6.45) is 4.66. The fourth-order valence-corrected chi connectivity index (χ4v) is 5.63. The molecule has 2 aliphatic carbocycles. The molecule has 1 saturated carbocycles. The van der Waals surface area contributed by atoms with Crippen LogP contribution in [-0.2, 0) is 4.74 Å². The molecule has 2 fully saturated rings. The van der Waals surface area contributed by atoms with E-state index < -0.39 is 0 Å². The SMILES string of the molecule is OC[C@H]1[C@@H]2CO[C@@]3(C(c4ccccc4)c4ccccc4)[C@@H]2C=C[C@@H]13. The second kappa shape index (κ2) is 5.30. The van der Waals surface area contributed by atoms with Crippen molar-refractivity contribution < 1.29 is 9.84 Å². The summed E-state index contributed by atoms with van der Waals surface area (Å²) >= 11 is 0. The average molecular weight is 318 g/mol. The van der Waals surface area contributed by atoms with Crippen LogP contribution in [-0.4, -0.2) is 23.9 Å². The lowest BCUT2D eigenvalue weighted by Gasteiger charge is -2.42. The van der Waals surface area contributed by atoms with Crippen LogP contribution in [0.4, 0.5) is 0 Å². The number of rotatable bonds is 4. The Bertz CT molecular complexity index is 715. The largest absolute Gasteiger partial charge is 0.396 e. The minimum Gasteiger partial charge on any atom is -0.396 e. The molecule has 1 N–H and O–H groups in total. The fourth-order valence-electron chi connectivity index (χ4n) is 5.63. The predicted molar refractivity (Wildman–Crippen MR) is 93.6 cm³/mol. The number of hydrogen-bond acceptors (Lipinski definition) is 2. The van der Waals surface area contributed by atoms with E-state index in [2.05, 4.69) is 72.8 Å². The number of benzene rings is 2. The highest BCUT2D eigenvalue weighted by Gasteiger charge is 2.69. The van der Waals surface area contributed by atoms with Crippen molar-refractivity contribution in [3.8, 4) is 0 Å². The highest BCUT2D eigenvalue weighted by atomic mass is 16.5. The third-order valence-electron chi connectivity index (χ3n) is 6.49. The summed E-state index contributed by atoms with van der Waals surface area (Å²) in [4.78, 5) is 0. The van der Waals surface area contributed by atoms with Gasteiger partial charge in [-0.15, -0.1) is 0 Å². The Hall–Kier alpha value is -1.90. The van der Waals surface area contributed by atoms with Crippen molar-refractivity contribution in [2.45, 2.75) is 11.5 Å². The molecule has 0 spiro atoms. The molecule has 5 rings (SSSR count). The molecule has 122 valence electrons. The molecule has 0 aromatic heterocycles. The van der Waals surface area contributed by atoms with Gasteiger partial charge in [0.2, 0.25) is 0 Å². The normalized spacial score (nSPS) is 35.9. The van der Waals surface area contributed by atoms with E-state index in [1.807, 2.05) is 0 Å². The third-order valence-corrected chi connectivity index (χ3v) is 6.49. The zero-order valence-electron chi connectivity index (χ0n) is 13.6. The molecule has 5 atom stereocenters. The summed E-state index contributed by atoms with van der Waals surface area (Å²) in [7, 11) is 0. The maximum atomic E-state index is 9.96. The lowest BCUT2D eigenvalue weighted by atomic mass is 9.70. The molecule has 3 aliphatic rings. The Morgan fingerprint density at radius 2 is 1.50 bits per heavy atom. The maximum Gasteiger partial charge on any atom is 0.0922 e. The van der Waals surface area contributed by atoms with Crippen LogP contribution in [0.2, 0.25) is 0 Å². The van der Waals surface area contributed by atoms with Crippen LogP contribution in [0, 0.1) is 23.7 Å². The van der Waals surface area contributed by atoms with Crippen molar-refractivity contribution in [1.82, 2.24) is 0 Å². The lowest BCUT2D eigenvalue weighted by molar-refractivity contribution is -0.0831. The van der Waals surface area contributed by atoms with Gasteiger partial charge in [-0.25, -0.2) is 0 Å². The van der Waals surface area contributed by atoms with Crippen LogP contribution in [0.25, 0.3) is 0 Å². The number of aliphatic hydroxyl groups excluding tert-OH is 1. The van der Waals surface area contributed by atoms with E-state index in [9.17, 15) is 5.11 Å². The standard InChI is InChI=1S/C22H22O2/c23-13-17-18-14-24-22(19(17)11-12-20(18)22)21(15-7-3-1-4-8-15)16-9-5-2-6-10-16/h1-12,17-21,23H,13-14H2/t17-,18-,19-,20+,22+/m0/s1. The van der Waals surface area contributed by atoms with Gasteiger partial charge in [0.25, 0.3) is 0 Å². The summed E-state index contributed by atoms with van der Waals surface area (Å²) in [5.41, 5.74) is 2.38. The molecule has 2 aromatic carbocycles. The van der Waals surface area contributed by atoms with Gasteiger partial charge >= 0.3 is 0 Å². The van der Waals surface area contributed by atoms with E-state index in [0.717, 1.165) is 6.61 Å². The zero-order chi connectivity index (χ0) is 16.1. The minimum atomic E-state index is -0.235. The van der Waals surface area contributed by atoms with Crippen LogP contribution < -0.4 is 0 Å². The van der Waals surface area contributed by atoms with E-state index in [4.69, 9.17) is 4.74 Å². The van der Waals surface area contributed by atoms with Gasteiger partial charge in [-0.05, 0) is 23.0 Å². The Balaban J connectivity index is 1.69. The fraction of sp³-hybridized carbons (Fsp3) is 0.364. The second-order valence-corrected chi connectivity index (χ2v) is 7.37. The highest BCUT2D eigenvalue weighted by molar-refractivity contribution is 5.43. The molecule has 0 unspecified atom stereocenters. The second-order valence-electron chi connectivity index (χ2n) is 7.37. The molecule has 2 aromatic rings. The van der Waals surface area contributed by atoms with Gasteiger partial charge in [-0.1, -0.05) is 72.8 Å². The van der Waals surface area contributed by atoms with Gasteiger partial charge in [0.05, 0.1) is 12.2 Å². The summed E-state index contributed by atoms with van der Waals surface area (Å²) in [5, 5.41) is 9.96. The Morgan fingerprint density at radius 1 is 0.917 bits per heavy atom. The molecule has 1 heterocycles. The molecule has 1 saturated heterocycles. The molecule has 0 radical (unpaired) electrons. The molecular weight excluding hydrogens is 296 g/mol. The molecule has 2 heteroatoms. The first-order chi connectivity index (χ1) is 11.9. The molecule has 24 heavy (non-hydrogen) atoms. The Kier molecular flexibility index (Phi) is 3.19. The molecular formula is C22H22O2. The van der Waals surface area contributed by atoms with Crippen molar-refractivity contribution in [2.75, 3.05) is 13.2 Å². The summed E-state index contributed by atoms with van der Waals surface area (Å²) in [6.45, 7) is 1.03. The third kappa shape index (κ3) is 1.73. The van der Waals surface area contributed by atoms with E-state index in [1.165, 1.54) is 11.1 Å². The average Bonchev–Trinajstić information content (AvgIpc) is 3.27. The van der Waals surface area contributed by atoms with Crippen molar-refractivity contribution in [3.05, 3.63) is 83.9 Å². The zero-order valence-corrected chi connectivity index (χ0v) is 13.6. The number of aliphatic hydroxyl groups is 1. The summed E-state index contributed by atoms with van der Waals surface area (Å²) in [6, 6.07) is 21.5. The summed E-state index contributed by atoms with van der Waals surface area (Å²) < 4.78 is 6.56. The quantitative estimate of drug-likeness (QED) is 0.872. The van der Waals surface area contributed by atoms with E-state index >= 15 is 0 Å². The van der Waals surface area contributed by atoms with Crippen LogP contribution in [0.1, 0.15) is 17.0 Å². The molecule has 1 aliphatic heterocycles. The van der Waals surface area contributed by atoms with Gasteiger partial charge in [0, 0.05) is 24.4 Å². The monoisotopic (exact) mass is 318 g/mol. The number of ether oxygens (including phenoxy) is 1. The topological polar surface area (TPSA) is 29.5 Å². The first kappa shape index (κ1) is 14.4. The van der Waals surface area contributed by atoms with Crippen LogP contribution >= 0.6 is 0 Å². The first-order valence-electron chi connectivity index (χ1n) is 8.89. The molecule has 0 amide bonds. The Labute approximate surface area is 142 Å². The van der Waals surface area contributed by atoms with Crippen molar-refractivity contribution >= 4 is 0 Å². The van der Waals surface area contributed by atoms with Crippen LogP contribution in [0.5, 0.6) is 0 Å². The van der Waals surface area contributed by atoms with Crippen molar-refractivity contribution in [2.24, 2.45) is 23.7 Å². The lowest BCUT2D eigenvalue weighted by Crippen LogP contribution is -2.45. The van der Waals surface area contributed by atoms with Gasteiger partial charge < -0.3 is 9.84 Å². The van der Waals surface area contributed by atoms with Gasteiger partial charge in [0.1, 0.15) is 0 Å². The van der Waals surface area contributed by atoms with Gasteiger partial charge in [0.15, 0.2) is 0 Å².